The van der Waals surface area contributed by atoms with Crippen LogP contribution >= 0.6 is 0 Å². The minimum absolute atomic E-state index is 0.115. The van der Waals surface area contributed by atoms with Gasteiger partial charge >= 0.3 is 0 Å². The van der Waals surface area contributed by atoms with E-state index in [1.54, 1.807) is 0 Å². The van der Waals surface area contributed by atoms with Crippen molar-refractivity contribution in [1.82, 2.24) is 20.8 Å². The zero-order valence-corrected chi connectivity index (χ0v) is 13.0. The molecule has 2 N–H and O–H groups in total. The molecule has 2 heterocycles. The van der Waals surface area contributed by atoms with Crippen LogP contribution in [-0.4, -0.2) is 34.7 Å². The Bertz CT molecular complexity index is 447. The monoisotopic (exact) mass is 294 g/mol. The third kappa shape index (κ3) is 5.12. The molecule has 1 aromatic heterocycles. The minimum atomic E-state index is 0.115. The summed E-state index contributed by atoms with van der Waals surface area (Å²) in [5, 5.41) is 10.4. The number of nitrogens with zero attached hydrogens (tertiary/aromatic N) is 2. The molecule has 6 nitrogen and oxygen atoms in total. The van der Waals surface area contributed by atoms with Crippen LogP contribution in [0.25, 0.3) is 0 Å². The van der Waals surface area contributed by atoms with Crippen molar-refractivity contribution in [2.24, 2.45) is 0 Å². The highest BCUT2D eigenvalue weighted by Crippen LogP contribution is 2.09. The maximum atomic E-state index is 11.9. The zero-order chi connectivity index (χ0) is 15.1. The lowest BCUT2D eigenvalue weighted by atomic mass is 9.99. The summed E-state index contributed by atoms with van der Waals surface area (Å²) < 4.78 is 5.16. The number of aromatic nitrogens is 2. The Balaban J connectivity index is 1.66. The second-order valence-electron chi connectivity index (χ2n) is 5.77. The van der Waals surface area contributed by atoms with E-state index in [9.17, 15) is 4.79 Å². The molecule has 21 heavy (non-hydrogen) atoms. The van der Waals surface area contributed by atoms with Gasteiger partial charge in [0.15, 0.2) is 5.82 Å². The van der Waals surface area contributed by atoms with Crippen LogP contribution in [0.5, 0.6) is 0 Å². The lowest BCUT2D eigenvalue weighted by molar-refractivity contribution is -0.122. The average Bonchev–Trinajstić information content (AvgIpc) is 2.89. The molecule has 1 fully saturated rings. The van der Waals surface area contributed by atoms with E-state index in [0.717, 1.165) is 44.5 Å². The van der Waals surface area contributed by atoms with E-state index in [1.807, 2.05) is 0 Å². The van der Waals surface area contributed by atoms with Gasteiger partial charge in [0.05, 0.1) is 0 Å². The Morgan fingerprint density at radius 2 is 2.33 bits per heavy atom. The van der Waals surface area contributed by atoms with Crippen molar-refractivity contribution in [2.45, 2.75) is 70.9 Å². The summed E-state index contributed by atoms with van der Waals surface area (Å²) >= 11 is 0. The number of aryl methyl sites for hydroxylation is 2. The maximum absolute atomic E-state index is 11.9. The first kappa shape index (κ1) is 15.9. The van der Waals surface area contributed by atoms with Crippen molar-refractivity contribution in [3.8, 4) is 0 Å². The predicted octanol–water partition coefficient (Wildman–Crippen LogP) is 1.60. The van der Waals surface area contributed by atoms with Crippen LogP contribution in [0.1, 0.15) is 57.7 Å². The van der Waals surface area contributed by atoms with Gasteiger partial charge in [0, 0.05) is 31.3 Å². The molecule has 2 rings (SSSR count). The van der Waals surface area contributed by atoms with E-state index in [2.05, 4.69) is 34.6 Å². The first-order valence-corrected chi connectivity index (χ1v) is 8.03. The number of hydrogen-bond acceptors (Lipinski definition) is 5. The van der Waals surface area contributed by atoms with Crippen LogP contribution in [0.15, 0.2) is 4.52 Å². The summed E-state index contributed by atoms with van der Waals surface area (Å²) in [7, 11) is 0. The number of rotatable bonds is 7. The minimum Gasteiger partial charge on any atom is -0.352 e. The van der Waals surface area contributed by atoms with E-state index in [4.69, 9.17) is 4.52 Å². The number of nitrogens with one attached hydrogen (secondary N) is 2. The number of hydrogen-bond donors (Lipinski definition) is 2. The van der Waals surface area contributed by atoms with Gasteiger partial charge in [-0.1, -0.05) is 12.1 Å². The van der Waals surface area contributed by atoms with Crippen molar-refractivity contribution in [3.63, 3.8) is 0 Å². The maximum Gasteiger partial charge on any atom is 0.226 e. The van der Waals surface area contributed by atoms with Crippen molar-refractivity contribution in [2.75, 3.05) is 6.54 Å². The first-order valence-electron chi connectivity index (χ1n) is 8.03. The molecule has 1 amide bonds. The highest BCUT2D eigenvalue weighted by Gasteiger charge is 2.22. The molecule has 0 aliphatic carbocycles. The molecule has 0 spiro atoms. The molecule has 1 aromatic rings. The smallest absolute Gasteiger partial charge is 0.226 e. The lowest BCUT2D eigenvalue weighted by Crippen LogP contribution is -2.51. The number of amides is 1. The first-order chi connectivity index (χ1) is 10.2. The number of carbonyl (C=O) groups is 1. The van der Waals surface area contributed by atoms with E-state index in [-0.39, 0.29) is 11.9 Å². The Labute approximate surface area is 126 Å². The van der Waals surface area contributed by atoms with Crippen LogP contribution in [0.4, 0.5) is 0 Å². The summed E-state index contributed by atoms with van der Waals surface area (Å²) in [6.07, 6.45) is 5.96. The average molecular weight is 294 g/mol. The highest BCUT2D eigenvalue weighted by atomic mass is 16.5. The van der Waals surface area contributed by atoms with Gasteiger partial charge in [0.2, 0.25) is 11.8 Å². The molecule has 118 valence electrons. The molecule has 1 aliphatic rings. The van der Waals surface area contributed by atoms with Gasteiger partial charge in [0.25, 0.3) is 0 Å². The van der Waals surface area contributed by atoms with Crippen molar-refractivity contribution >= 4 is 5.91 Å². The van der Waals surface area contributed by atoms with Crippen LogP contribution in [0.3, 0.4) is 0 Å². The number of carbonyl (C=O) groups excluding carboxylic acids is 1. The van der Waals surface area contributed by atoms with E-state index < -0.39 is 0 Å². The topological polar surface area (TPSA) is 80.0 Å². The Morgan fingerprint density at radius 3 is 3.10 bits per heavy atom. The van der Waals surface area contributed by atoms with Crippen molar-refractivity contribution in [3.05, 3.63) is 11.7 Å². The second-order valence-corrected chi connectivity index (χ2v) is 5.77. The molecule has 2 atom stereocenters. The quantitative estimate of drug-likeness (QED) is 0.798. The lowest BCUT2D eigenvalue weighted by Gasteiger charge is -2.30. The molecule has 0 radical (unpaired) electrons. The summed E-state index contributed by atoms with van der Waals surface area (Å²) in [5.41, 5.74) is 0. The normalized spacial score (nSPS) is 22.2. The van der Waals surface area contributed by atoms with E-state index in [1.165, 1.54) is 0 Å². The third-order valence-corrected chi connectivity index (χ3v) is 3.89. The zero-order valence-electron chi connectivity index (χ0n) is 13.0. The van der Waals surface area contributed by atoms with Gasteiger partial charge in [-0.15, -0.1) is 0 Å². The van der Waals surface area contributed by atoms with Gasteiger partial charge in [-0.3, -0.25) is 4.79 Å². The van der Waals surface area contributed by atoms with E-state index >= 15 is 0 Å². The molecule has 1 saturated heterocycles. The molecular formula is C15H26N4O2. The standard InChI is InChI=1S/C15H26N4O2/c1-3-6-13-18-15(21-19-13)9-4-8-14(20)17-12-7-5-10-16-11(12)2/h11-12,16H,3-10H2,1-2H3,(H,17,20). The SMILES string of the molecule is CCCc1noc(CCCC(=O)NC2CCCNC2C)n1. The largest absolute Gasteiger partial charge is 0.352 e. The van der Waals surface area contributed by atoms with Gasteiger partial charge < -0.3 is 15.2 Å². The third-order valence-electron chi connectivity index (χ3n) is 3.89. The fourth-order valence-electron chi connectivity index (χ4n) is 2.64. The molecular weight excluding hydrogens is 268 g/mol. The molecule has 0 bridgehead atoms. The van der Waals surface area contributed by atoms with Crippen LogP contribution < -0.4 is 10.6 Å². The van der Waals surface area contributed by atoms with Gasteiger partial charge in [-0.2, -0.15) is 4.98 Å². The molecule has 0 saturated carbocycles. The van der Waals surface area contributed by atoms with Crippen molar-refractivity contribution < 1.29 is 9.32 Å². The summed E-state index contributed by atoms with van der Waals surface area (Å²) in [4.78, 5) is 16.3. The second kappa shape index (κ2) is 8.12. The summed E-state index contributed by atoms with van der Waals surface area (Å²) in [6.45, 7) is 5.25. The molecule has 1 aliphatic heterocycles. The van der Waals surface area contributed by atoms with E-state index in [0.29, 0.717) is 24.8 Å². The van der Waals surface area contributed by atoms with Crippen molar-refractivity contribution in [1.29, 1.82) is 0 Å². The summed E-state index contributed by atoms with van der Waals surface area (Å²) in [5.74, 6) is 1.52. The highest BCUT2D eigenvalue weighted by molar-refractivity contribution is 5.76. The fraction of sp³-hybridized carbons (Fsp3) is 0.800. The van der Waals surface area contributed by atoms with Crippen LogP contribution in [0, 0.1) is 0 Å². The molecule has 6 heteroatoms. The fourth-order valence-corrected chi connectivity index (χ4v) is 2.64. The molecule has 0 aromatic carbocycles. The van der Waals surface area contributed by atoms with Gasteiger partial charge in [0.1, 0.15) is 0 Å². The van der Waals surface area contributed by atoms with Gasteiger partial charge in [-0.05, 0) is 39.2 Å². The Kier molecular flexibility index (Phi) is 6.17. The summed E-state index contributed by atoms with van der Waals surface area (Å²) in [6, 6.07) is 0.612. The molecule has 2 unspecified atom stereocenters. The van der Waals surface area contributed by atoms with Gasteiger partial charge in [-0.25, -0.2) is 0 Å². The predicted molar refractivity (Wildman–Crippen MR) is 79.9 cm³/mol. The Hall–Kier alpha value is -1.43. The van der Waals surface area contributed by atoms with Crippen LogP contribution in [0.2, 0.25) is 0 Å². The van der Waals surface area contributed by atoms with Crippen LogP contribution in [-0.2, 0) is 17.6 Å². The Morgan fingerprint density at radius 1 is 1.48 bits per heavy atom. The number of piperidine rings is 1.